The molecule has 0 N–H and O–H groups in total. The molecule has 0 spiro atoms. The predicted molar refractivity (Wildman–Crippen MR) is 168 cm³/mol. The topological polar surface area (TPSA) is 65.7 Å². The molecular weight excluding hydrogens is 514 g/mol. The van der Waals surface area contributed by atoms with Crippen LogP contribution in [-0.4, -0.2) is 4.57 Å². The molecule has 0 unspecified atom stereocenters. The summed E-state index contributed by atoms with van der Waals surface area (Å²) in [7, 11) is 0. The van der Waals surface area contributed by atoms with Crippen molar-refractivity contribution in [2.75, 3.05) is 0 Å². The summed E-state index contributed by atoms with van der Waals surface area (Å²) in [5, 5.41) is 23.1. The number of aromatic nitrogens is 1. The Morgan fingerprint density at radius 2 is 0.976 bits per heavy atom. The molecule has 0 saturated heterocycles. The highest BCUT2D eigenvalue weighted by Crippen LogP contribution is 2.37. The Morgan fingerprint density at radius 3 is 1.69 bits per heavy atom. The summed E-state index contributed by atoms with van der Waals surface area (Å²) in [6.45, 7) is 0. The van der Waals surface area contributed by atoms with Gasteiger partial charge in [-0.1, -0.05) is 48.5 Å². The summed E-state index contributed by atoms with van der Waals surface area (Å²) < 4.78 is 8.29. The molecular formula is C38H21N3O. The lowest BCUT2D eigenvalue weighted by Gasteiger charge is -2.09. The monoisotopic (exact) mass is 535 g/mol. The van der Waals surface area contributed by atoms with Gasteiger partial charge in [-0.3, -0.25) is 0 Å². The Kier molecular flexibility index (Phi) is 5.22. The fraction of sp³-hybridized carbons (Fsp3) is 0. The van der Waals surface area contributed by atoms with E-state index in [1.807, 2.05) is 54.6 Å². The molecule has 194 valence electrons. The molecule has 42 heavy (non-hydrogen) atoms. The second-order valence-corrected chi connectivity index (χ2v) is 10.5. The van der Waals surface area contributed by atoms with E-state index in [-0.39, 0.29) is 0 Å². The Bertz CT molecular complexity index is 2430. The first-order chi connectivity index (χ1) is 20.7. The number of hydrogen-bond acceptors (Lipinski definition) is 3. The van der Waals surface area contributed by atoms with Crippen LogP contribution in [0.1, 0.15) is 11.1 Å². The van der Waals surface area contributed by atoms with Gasteiger partial charge in [0.25, 0.3) is 0 Å². The zero-order chi connectivity index (χ0) is 28.2. The average Bonchev–Trinajstić information content (AvgIpc) is 3.59. The van der Waals surface area contributed by atoms with Crippen molar-refractivity contribution in [3.63, 3.8) is 0 Å². The minimum atomic E-state index is 0.614. The standard InChI is InChI=1S/C38H21N3O/c39-22-24-9-13-35-31(17-24)32-20-28(11-14-36(32)41(35)30-7-2-1-3-8-30)26-5-4-6-27(19-26)29-12-16-38-34(21-29)33-18-25(23-40)10-15-37(33)42-38/h1-21H. The fourth-order valence-corrected chi connectivity index (χ4v) is 6.03. The van der Waals surface area contributed by atoms with Gasteiger partial charge >= 0.3 is 0 Å². The first kappa shape index (κ1) is 23.8. The van der Waals surface area contributed by atoms with Crippen LogP contribution in [0.15, 0.2) is 132 Å². The highest BCUT2D eigenvalue weighted by molar-refractivity contribution is 6.11. The lowest BCUT2D eigenvalue weighted by atomic mass is 9.97. The van der Waals surface area contributed by atoms with Crippen molar-refractivity contribution in [1.82, 2.24) is 4.57 Å². The Balaban J connectivity index is 1.28. The van der Waals surface area contributed by atoms with Crippen LogP contribution in [0.4, 0.5) is 0 Å². The molecule has 0 aliphatic rings. The molecule has 0 radical (unpaired) electrons. The molecule has 0 aliphatic heterocycles. The Hall–Kier alpha value is -6.10. The summed E-state index contributed by atoms with van der Waals surface area (Å²) in [4.78, 5) is 0. The highest BCUT2D eigenvalue weighted by atomic mass is 16.3. The third-order valence-corrected chi connectivity index (χ3v) is 8.04. The molecule has 0 amide bonds. The van der Waals surface area contributed by atoms with Crippen molar-refractivity contribution in [3.8, 4) is 40.1 Å². The van der Waals surface area contributed by atoms with Crippen molar-refractivity contribution in [2.45, 2.75) is 0 Å². The van der Waals surface area contributed by atoms with Crippen LogP contribution in [0.3, 0.4) is 0 Å². The van der Waals surface area contributed by atoms with Gasteiger partial charge in [-0.25, -0.2) is 0 Å². The molecule has 0 aliphatic carbocycles. The van der Waals surface area contributed by atoms with Gasteiger partial charge in [-0.05, 0) is 101 Å². The summed E-state index contributed by atoms with van der Waals surface area (Å²) in [6, 6.07) is 47.6. The zero-order valence-corrected chi connectivity index (χ0v) is 22.4. The number of rotatable bonds is 3. The molecule has 4 nitrogen and oxygen atoms in total. The lowest BCUT2D eigenvalue weighted by molar-refractivity contribution is 0.669. The quantitative estimate of drug-likeness (QED) is 0.226. The van der Waals surface area contributed by atoms with Gasteiger partial charge < -0.3 is 8.98 Å². The molecule has 2 aromatic heterocycles. The molecule has 4 heteroatoms. The van der Waals surface area contributed by atoms with Gasteiger partial charge in [0.15, 0.2) is 0 Å². The second kappa shape index (κ2) is 9.24. The number of para-hydroxylation sites is 1. The molecule has 0 bridgehead atoms. The molecule has 8 rings (SSSR count). The maximum absolute atomic E-state index is 9.62. The minimum absolute atomic E-state index is 0.614. The van der Waals surface area contributed by atoms with Gasteiger partial charge in [0.1, 0.15) is 11.2 Å². The van der Waals surface area contributed by atoms with Crippen LogP contribution in [0.5, 0.6) is 0 Å². The molecule has 6 aromatic carbocycles. The lowest BCUT2D eigenvalue weighted by Crippen LogP contribution is -1.93. The van der Waals surface area contributed by atoms with Crippen LogP contribution in [0.2, 0.25) is 0 Å². The number of fused-ring (bicyclic) bond motifs is 6. The van der Waals surface area contributed by atoms with E-state index < -0.39 is 0 Å². The largest absolute Gasteiger partial charge is 0.456 e. The molecule has 0 atom stereocenters. The normalized spacial score (nSPS) is 11.3. The summed E-state index contributed by atoms with van der Waals surface area (Å²) in [5.41, 5.74) is 10.5. The number of furan rings is 1. The van der Waals surface area contributed by atoms with Gasteiger partial charge in [-0.2, -0.15) is 10.5 Å². The van der Waals surface area contributed by atoms with E-state index in [1.165, 1.54) is 0 Å². The van der Waals surface area contributed by atoms with Gasteiger partial charge in [0.05, 0.1) is 34.3 Å². The Morgan fingerprint density at radius 1 is 0.452 bits per heavy atom. The summed E-state index contributed by atoms with van der Waals surface area (Å²) in [6.07, 6.45) is 0. The summed E-state index contributed by atoms with van der Waals surface area (Å²) >= 11 is 0. The van der Waals surface area contributed by atoms with E-state index in [4.69, 9.17) is 4.42 Å². The van der Waals surface area contributed by atoms with Crippen LogP contribution in [0, 0.1) is 22.7 Å². The van der Waals surface area contributed by atoms with E-state index in [0.717, 1.165) is 71.7 Å². The molecule has 2 heterocycles. The number of benzene rings is 6. The molecule has 8 aromatic rings. The zero-order valence-electron chi connectivity index (χ0n) is 22.4. The van der Waals surface area contributed by atoms with Gasteiger partial charge in [0, 0.05) is 27.2 Å². The van der Waals surface area contributed by atoms with Crippen molar-refractivity contribution >= 4 is 43.7 Å². The van der Waals surface area contributed by atoms with E-state index in [2.05, 4.69) is 83.4 Å². The minimum Gasteiger partial charge on any atom is -0.456 e. The maximum Gasteiger partial charge on any atom is 0.135 e. The van der Waals surface area contributed by atoms with E-state index in [9.17, 15) is 10.5 Å². The van der Waals surface area contributed by atoms with Crippen LogP contribution < -0.4 is 0 Å². The average molecular weight is 536 g/mol. The predicted octanol–water partition coefficient (Wildman–Crippen LogP) is 9.76. The van der Waals surface area contributed by atoms with Crippen molar-refractivity contribution in [1.29, 1.82) is 10.5 Å². The van der Waals surface area contributed by atoms with Gasteiger partial charge in [0.2, 0.25) is 0 Å². The van der Waals surface area contributed by atoms with Crippen molar-refractivity contribution in [2.24, 2.45) is 0 Å². The van der Waals surface area contributed by atoms with E-state index in [0.29, 0.717) is 11.1 Å². The fourth-order valence-electron chi connectivity index (χ4n) is 6.03. The molecule has 0 fully saturated rings. The van der Waals surface area contributed by atoms with Gasteiger partial charge in [-0.15, -0.1) is 0 Å². The number of nitriles is 2. The third-order valence-electron chi connectivity index (χ3n) is 8.04. The summed E-state index contributed by atoms with van der Waals surface area (Å²) in [5.74, 6) is 0. The smallest absolute Gasteiger partial charge is 0.135 e. The SMILES string of the molecule is N#Cc1ccc2oc3ccc(-c4cccc(-c5ccc6c(c5)c5cc(C#N)ccc5n6-c5ccccc5)c4)cc3c2c1. The van der Waals surface area contributed by atoms with Crippen molar-refractivity contribution < 1.29 is 4.42 Å². The Labute approximate surface area is 241 Å². The highest BCUT2D eigenvalue weighted by Gasteiger charge is 2.15. The van der Waals surface area contributed by atoms with Crippen LogP contribution in [0.25, 0.3) is 71.7 Å². The third kappa shape index (κ3) is 3.68. The van der Waals surface area contributed by atoms with Crippen molar-refractivity contribution in [3.05, 3.63) is 139 Å². The van der Waals surface area contributed by atoms with E-state index in [1.54, 1.807) is 6.07 Å². The maximum atomic E-state index is 9.62. The van der Waals surface area contributed by atoms with Crippen LogP contribution >= 0.6 is 0 Å². The number of nitrogens with zero attached hydrogens (tertiary/aromatic N) is 3. The van der Waals surface area contributed by atoms with E-state index >= 15 is 0 Å². The second-order valence-electron chi connectivity index (χ2n) is 10.5. The number of hydrogen-bond donors (Lipinski definition) is 0. The first-order valence-corrected chi connectivity index (χ1v) is 13.7. The molecule has 0 saturated carbocycles. The van der Waals surface area contributed by atoms with Crippen LogP contribution in [-0.2, 0) is 0 Å². The first-order valence-electron chi connectivity index (χ1n) is 13.7.